The zero-order valence-corrected chi connectivity index (χ0v) is 11.2. The van der Waals surface area contributed by atoms with E-state index >= 15 is 0 Å². The van der Waals surface area contributed by atoms with Crippen LogP contribution in [0.1, 0.15) is 43.5 Å². The Morgan fingerprint density at radius 2 is 2.33 bits per heavy atom. The van der Waals surface area contributed by atoms with E-state index in [1.165, 1.54) is 7.11 Å². The van der Waals surface area contributed by atoms with Crippen molar-refractivity contribution in [2.75, 3.05) is 7.11 Å². The quantitative estimate of drug-likeness (QED) is 0.893. The lowest BCUT2D eigenvalue weighted by Gasteiger charge is -2.18. The fourth-order valence-electron chi connectivity index (χ4n) is 2.55. The SMILES string of the molecule is COc1ncccc1C(=O)NC1CCC(C)(C)C1. The molecule has 0 radical (unpaired) electrons. The molecule has 98 valence electrons. The fourth-order valence-corrected chi connectivity index (χ4v) is 2.55. The van der Waals surface area contributed by atoms with Crippen molar-refractivity contribution in [2.45, 2.75) is 39.2 Å². The van der Waals surface area contributed by atoms with Crippen LogP contribution in [-0.2, 0) is 0 Å². The van der Waals surface area contributed by atoms with E-state index in [1.54, 1.807) is 18.3 Å². The fraction of sp³-hybridized carbons (Fsp3) is 0.571. The third kappa shape index (κ3) is 2.81. The topological polar surface area (TPSA) is 51.2 Å². The van der Waals surface area contributed by atoms with Gasteiger partial charge in [0.15, 0.2) is 0 Å². The molecule has 1 fully saturated rings. The second-order valence-electron chi connectivity index (χ2n) is 5.64. The van der Waals surface area contributed by atoms with Gasteiger partial charge in [0.1, 0.15) is 5.56 Å². The molecule has 1 saturated carbocycles. The van der Waals surface area contributed by atoms with Crippen LogP contribution in [0.3, 0.4) is 0 Å². The lowest BCUT2D eigenvalue weighted by Crippen LogP contribution is -2.33. The first-order valence-electron chi connectivity index (χ1n) is 6.32. The molecule has 0 spiro atoms. The van der Waals surface area contributed by atoms with Crippen LogP contribution in [0.4, 0.5) is 0 Å². The van der Waals surface area contributed by atoms with Crippen molar-refractivity contribution in [3.05, 3.63) is 23.9 Å². The standard InChI is InChI=1S/C14H20N2O2/c1-14(2)7-6-10(9-14)16-12(17)11-5-4-8-15-13(11)18-3/h4-5,8,10H,6-7,9H2,1-3H3,(H,16,17). The number of carbonyl (C=O) groups excluding carboxylic acids is 1. The molecule has 0 bridgehead atoms. The highest BCUT2D eigenvalue weighted by Crippen LogP contribution is 2.37. The number of ether oxygens (including phenoxy) is 1. The second-order valence-corrected chi connectivity index (χ2v) is 5.64. The van der Waals surface area contributed by atoms with Crippen molar-refractivity contribution in [3.63, 3.8) is 0 Å². The van der Waals surface area contributed by atoms with E-state index < -0.39 is 0 Å². The van der Waals surface area contributed by atoms with Gasteiger partial charge in [-0.05, 0) is 36.8 Å². The van der Waals surface area contributed by atoms with Gasteiger partial charge in [-0.2, -0.15) is 0 Å². The highest BCUT2D eigenvalue weighted by atomic mass is 16.5. The summed E-state index contributed by atoms with van der Waals surface area (Å²) in [7, 11) is 1.53. The van der Waals surface area contributed by atoms with Crippen LogP contribution in [0.15, 0.2) is 18.3 Å². The Balaban J connectivity index is 2.04. The molecule has 1 N–H and O–H groups in total. The summed E-state index contributed by atoms with van der Waals surface area (Å²) in [6, 6.07) is 3.74. The smallest absolute Gasteiger partial charge is 0.256 e. The van der Waals surface area contributed by atoms with Crippen LogP contribution in [0.25, 0.3) is 0 Å². The minimum absolute atomic E-state index is 0.0948. The largest absolute Gasteiger partial charge is 0.480 e. The molecule has 1 amide bonds. The average Bonchev–Trinajstić information content (AvgIpc) is 2.68. The molecule has 0 aromatic carbocycles. The van der Waals surface area contributed by atoms with Crippen molar-refractivity contribution < 1.29 is 9.53 Å². The van der Waals surface area contributed by atoms with Gasteiger partial charge < -0.3 is 10.1 Å². The number of hydrogen-bond acceptors (Lipinski definition) is 3. The van der Waals surface area contributed by atoms with E-state index in [0.717, 1.165) is 19.3 Å². The second kappa shape index (κ2) is 4.96. The number of nitrogens with one attached hydrogen (secondary N) is 1. The number of nitrogens with zero attached hydrogens (tertiary/aromatic N) is 1. The summed E-state index contributed by atoms with van der Waals surface area (Å²) >= 11 is 0. The predicted octanol–water partition coefficient (Wildman–Crippen LogP) is 2.40. The predicted molar refractivity (Wildman–Crippen MR) is 69.7 cm³/mol. The van der Waals surface area contributed by atoms with Crippen molar-refractivity contribution in [1.82, 2.24) is 10.3 Å². The number of aromatic nitrogens is 1. The summed E-state index contributed by atoms with van der Waals surface area (Å²) in [6.07, 6.45) is 4.85. The van der Waals surface area contributed by atoms with Crippen LogP contribution < -0.4 is 10.1 Å². The van der Waals surface area contributed by atoms with Crippen molar-refractivity contribution in [3.8, 4) is 5.88 Å². The molecule has 1 unspecified atom stereocenters. The van der Waals surface area contributed by atoms with Crippen LogP contribution in [-0.4, -0.2) is 24.0 Å². The molecule has 1 aliphatic carbocycles. The number of rotatable bonds is 3. The van der Waals surface area contributed by atoms with E-state index in [0.29, 0.717) is 16.9 Å². The van der Waals surface area contributed by atoms with Gasteiger partial charge in [-0.1, -0.05) is 13.8 Å². The third-order valence-electron chi connectivity index (χ3n) is 3.51. The maximum absolute atomic E-state index is 12.2. The summed E-state index contributed by atoms with van der Waals surface area (Å²) in [5, 5.41) is 3.07. The summed E-state index contributed by atoms with van der Waals surface area (Å²) in [5.74, 6) is 0.287. The highest BCUT2D eigenvalue weighted by Gasteiger charge is 2.32. The molecule has 4 nitrogen and oxygen atoms in total. The monoisotopic (exact) mass is 248 g/mol. The first-order valence-corrected chi connectivity index (χ1v) is 6.32. The lowest BCUT2D eigenvalue weighted by atomic mass is 9.92. The Bertz CT molecular complexity index is 443. The minimum atomic E-state index is -0.0948. The maximum Gasteiger partial charge on any atom is 0.256 e. The Morgan fingerprint density at radius 3 is 2.94 bits per heavy atom. The van der Waals surface area contributed by atoms with E-state index in [2.05, 4.69) is 24.1 Å². The summed E-state index contributed by atoms with van der Waals surface area (Å²) < 4.78 is 5.10. The van der Waals surface area contributed by atoms with Crippen molar-refractivity contribution in [1.29, 1.82) is 0 Å². The van der Waals surface area contributed by atoms with Crippen molar-refractivity contribution >= 4 is 5.91 Å². The number of pyridine rings is 1. The third-order valence-corrected chi connectivity index (χ3v) is 3.51. The van der Waals surface area contributed by atoms with Gasteiger partial charge in [0.2, 0.25) is 5.88 Å². The first kappa shape index (κ1) is 12.9. The Morgan fingerprint density at radius 1 is 1.56 bits per heavy atom. The van der Waals surface area contributed by atoms with E-state index in [1.807, 2.05) is 0 Å². The van der Waals surface area contributed by atoms with Crippen LogP contribution in [0.5, 0.6) is 5.88 Å². The van der Waals surface area contributed by atoms with Gasteiger partial charge in [0.05, 0.1) is 7.11 Å². The van der Waals surface area contributed by atoms with Crippen LogP contribution >= 0.6 is 0 Å². The van der Waals surface area contributed by atoms with Crippen LogP contribution in [0.2, 0.25) is 0 Å². The number of methoxy groups -OCH3 is 1. The Kier molecular flexibility index (Phi) is 3.55. The molecule has 1 atom stereocenters. The average molecular weight is 248 g/mol. The molecular formula is C14H20N2O2. The molecule has 1 aromatic rings. The van der Waals surface area contributed by atoms with Gasteiger partial charge >= 0.3 is 0 Å². The molecule has 18 heavy (non-hydrogen) atoms. The van der Waals surface area contributed by atoms with Gasteiger partial charge in [-0.25, -0.2) is 4.98 Å². The molecule has 0 aliphatic heterocycles. The number of amides is 1. The molecule has 0 saturated heterocycles. The van der Waals surface area contributed by atoms with Crippen LogP contribution in [0, 0.1) is 5.41 Å². The number of carbonyl (C=O) groups is 1. The van der Waals surface area contributed by atoms with Crippen molar-refractivity contribution in [2.24, 2.45) is 5.41 Å². The first-order chi connectivity index (χ1) is 8.52. The van der Waals surface area contributed by atoms with E-state index in [-0.39, 0.29) is 11.9 Å². The van der Waals surface area contributed by atoms with Gasteiger partial charge in [0, 0.05) is 12.2 Å². The minimum Gasteiger partial charge on any atom is -0.480 e. The van der Waals surface area contributed by atoms with Gasteiger partial charge in [-0.15, -0.1) is 0 Å². The summed E-state index contributed by atoms with van der Waals surface area (Å²) in [5.41, 5.74) is 0.835. The summed E-state index contributed by atoms with van der Waals surface area (Å²) in [6.45, 7) is 4.48. The normalized spacial score (nSPS) is 21.6. The molecule has 1 aromatic heterocycles. The molecule has 1 heterocycles. The summed E-state index contributed by atoms with van der Waals surface area (Å²) in [4.78, 5) is 16.2. The zero-order chi connectivity index (χ0) is 13.2. The maximum atomic E-state index is 12.2. The molecular weight excluding hydrogens is 228 g/mol. The van der Waals surface area contributed by atoms with Gasteiger partial charge in [-0.3, -0.25) is 4.79 Å². The molecule has 4 heteroatoms. The molecule has 2 rings (SSSR count). The molecule has 1 aliphatic rings. The lowest BCUT2D eigenvalue weighted by molar-refractivity contribution is 0.0932. The number of hydrogen-bond donors (Lipinski definition) is 1. The van der Waals surface area contributed by atoms with E-state index in [4.69, 9.17) is 4.74 Å². The Labute approximate surface area is 108 Å². The highest BCUT2D eigenvalue weighted by molar-refractivity contribution is 5.96. The van der Waals surface area contributed by atoms with Gasteiger partial charge in [0.25, 0.3) is 5.91 Å². The van der Waals surface area contributed by atoms with E-state index in [9.17, 15) is 4.79 Å². The Hall–Kier alpha value is -1.58. The zero-order valence-electron chi connectivity index (χ0n) is 11.2.